The molecule has 0 aliphatic carbocycles. The molecule has 82 valence electrons. The molecule has 1 atom stereocenters. The molecule has 3 heteroatoms. The molecule has 0 amide bonds. The Labute approximate surface area is 86.0 Å². The average molecular weight is 199 g/mol. The fourth-order valence-electron chi connectivity index (χ4n) is 2.34. The van der Waals surface area contributed by atoms with E-state index < -0.39 is 5.60 Å². The third kappa shape index (κ3) is 2.69. The minimum atomic E-state index is -0.516. The van der Waals surface area contributed by atoms with Crippen molar-refractivity contribution in [2.75, 3.05) is 32.8 Å². The number of rotatable bonds is 3. The van der Waals surface area contributed by atoms with E-state index in [4.69, 9.17) is 4.74 Å². The largest absolute Gasteiger partial charge is 0.387 e. The van der Waals surface area contributed by atoms with Gasteiger partial charge in [0.1, 0.15) is 0 Å². The maximum Gasteiger partial charge on any atom is 0.0914 e. The summed E-state index contributed by atoms with van der Waals surface area (Å²) < 4.78 is 5.23. The van der Waals surface area contributed by atoms with E-state index in [1.54, 1.807) is 0 Å². The summed E-state index contributed by atoms with van der Waals surface area (Å²) in [6.07, 6.45) is 5.74. The Balaban J connectivity index is 1.70. The topological polar surface area (TPSA) is 32.7 Å². The van der Waals surface area contributed by atoms with Gasteiger partial charge in [-0.3, -0.25) is 0 Å². The summed E-state index contributed by atoms with van der Waals surface area (Å²) in [5.41, 5.74) is -0.516. The SMILES string of the molecule is OC1(CCN2CCCCC2)CCOC1. The zero-order valence-electron chi connectivity index (χ0n) is 8.87. The van der Waals surface area contributed by atoms with Gasteiger partial charge in [0, 0.05) is 19.6 Å². The van der Waals surface area contributed by atoms with Crippen LogP contribution in [0.3, 0.4) is 0 Å². The number of hydrogen-bond donors (Lipinski definition) is 1. The van der Waals surface area contributed by atoms with Crippen LogP contribution < -0.4 is 0 Å². The van der Waals surface area contributed by atoms with E-state index >= 15 is 0 Å². The Morgan fingerprint density at radius 2 is 2.00 bits per heavy atom. The van der Waals surface area contributed by atoms with Gasteiger partial charge in [0.2, 0.25) is 0 Å². The smallest absolute Gasteiger partial charge is 0.0914 e. The van der Waals surface area contributed by atoms with Crippen LogP contribution in [0.1, 0.15) is 32.1 Å². The third-order valence-corrected chi connectivity index (χ3v) is 3.42. The summed E-state index contributed by atoms with van der Waals surface area (Å²) in [5.74, 6) is 0. The van der Waals surface area contributed by atoms with Crippen LogP contribution in [-0.2, 0) is 4.74 Å². The first kappa shape index (κ1) is 10.4. The van der Waals surface area contributed by atoms with Crippen molar-refractivity contribution in [1.29, 1.82) is 0 Å². The fourth-order valence-corrected chi connectivity index (χ4v) is 2.34. The van der Waals surface area contributed by atoms with Gasteiger partial charge in [-0.2, -0.15) is 0 Å². The van der Waals surface area contributed by atoms with Gasteiger partial charge < -0.3 is 14.7 Å². The average Bonchev–Trinajstić information content (AvgIpc) is 2.65. The molecule has 2 aliphatic rings. The predicted octanol–water partition coefficient (Wildman–Crippen LogP) is 1.01. The molecule has 0 spiro atoms. The number of aliphatic hydroxyl groups is 1. The molecule has 0 aromatic carbocycles. The fraction of sp³-hybridized carbons (Fsp3) is 1.00. The molecule has 1 unspecified atom stereocenters. The highest BCUT2D eigenvalue weighted by Crippen LogP contribution is 2.23. The molecule has 2 fully saturated rings. The van der Waals surface area contributed by atoms with E-state index in [1.807, 2.05) is 0 Å². The van der Waals surface area contributed by atoms with E-state index in [9.17, 15) is 5.11 Å². The third-order valence-electron chi connectivity index (χ3n) is 3.42. The molecule has 0 radical (unpaired) electrons. The highest BCUT2D eigenvalue weighted by Gasteiger charge is 2.32. The zero-order valence-corrected chi connectivity index (χ0v) is 8.87. The van der Waals surface area contributed by atoms with E-state index in [1.165, 1.54) is 32.4 Å². The summed E-state index contributed by atoms with van der Waals surface area (Å²) in [6, 6.07) is 0. The minimum absolute atomic E-state index is 0.516. The number of nitrogens with zero attached hydrogens (tertiary/aromatic N) is 1. The van der Waals surface area contributed by atoms with Gasteiger partial charge in [-0.15, -0.1) is 0 Å². The van der Waals surface area contributed by atoms with Crippen molar-refractivity contribution in [3.8, 4) is 0 Å². The van der Waals surface area contributed by atoms with E-state index in [0.29, 0.717) is 6.61 Å². The quantitative estimate of drug-likeness (QED) is 0.736. The van der Waals surface area contributed by atoms with Gasteiger partial charge in [0.25, 0.3) is 0 Å². The maximum atomic E-state index is 10.1. The van der Waals surface area contributed by atoms with Crippen molar-refractivity contribution in [3.63, 3.8) is 0 Å². The number of ether oxygens (including phenoxy) is 1. The van der Waals surface area contributed by atoms with Crippen molar-refractivity contribution in [2.45, 2.75) is 37.7 Å². The molecule has 1 N–H and O–H groups in total. The second-order valence-corrected chi connectivity index (χ2v) is 4.68. The van der Waals surface area contributed by atoms with Crippen LogP contribution in [0.15, 0.2) is 0 Å². The molecule has 0 aromatic rings. The highest BCUT2D eigenvalue weighted by atomic mass is 16.5. The van der Waals surface area contributed by atoms with Gasteiger partial charge in [0.15, 0.2) is 0 Å². The molecule has 2 saturated heterocycles. The van der Waals surface area contributed by atoms with Gasteiger partial charge in [0.05, 0.1) is 12.2 Å². The van der Waals surface area contributed by atoms with Crippen molar-refractivity contribution in [2.24, 2.45) is 0 Å². The van der Waals surface area contributed by atoms with Crippen molar-refractivity contribution in [1.82, 2.24) is 4.90 Å². The molecule has 2 rings (SSSR count). The van der Waals surface area contributed by atoms with Gasteiger partial charge >= 0.3 is 0 Å². The Hall–Kier alpha value is -0.120. The van der Waals surface area contributed by atoms with Gasteiger partial charge in [-0.1, -0.05) is 6.42 Å². The number of piperidine rings is 1. The Kier molecular flexibility index (Phi) is 3.42. The first-order valence-electron chi connectivity index (χ1n) is 5.81. The Morgan fingerprint density at radius 1 is 1.21 bits per heavy atom. The Bertz CT molecular complexity index is 172. The van der Waals surface area contributed by atoms with Crippen molar-refractivity contribution in [3.05, 3.63) is 0 Å². The number of hydrogen-bond acceptors (Lipinski definition) is 3. The minimum Gasteiger partial charge on any atom is -0.387 e. The van der Waals surface area contributed by atoms with Crippen LogP contribution in [0.4, 0.5) is 0 Å². The summed E-state index contributed by atoms with van der Waals surface area (Å²) in [5, 5.41) is 10.1. The summed E-state index contributed by atoms with van der Waals surface area (Å²) in [7, 11) is 0. The summed E-state index contributed by atoms with van der Waals surface area (Å²) >= 11 is 0. The number of likely N-dealkylation sites (tertiary alicyclic amines) is 1. The predicted molar refractivity (Wildman–Crippen MR) is 55.3 cm³/mol. The summed E-state index contributed by atoms with van der Waals surface area (Å²) in [4.78, 5) is 2.47. The zero-order chi connectivity index (χ0) is 9.86. The van der Waals surface area contributed by atoms with Crippen LogP contribution in [0, 0.1) is 0 Å². The molecule has 0 saturated carbocycles. The van der Waals surface area contributed by atoms with Crippen molar-refractivity contribution < 1.29 is 9.84 Å². The van der Waals surface area contributed by atoms with Gasteiger partial charge in [-0.25, -0.2) is 0 Å². The molecule has 0 bridgehead atoms. The highest BCUT2D eigenvalue weighted by molar-refractivity contribution is 4.83. The van der Waals surface area contributed by atoms with Crippen LogP contribution in [0.5, 0.6) is 0 Å². The monoisotopic (exact) mass is 199 g/mol. The lowest BCUT2D eigenvalue weighted by molar-refractivity contribution is 0.00957. The van der Waals surface area contributed by atoms with Crippen molar-refractivity contribution >= 4 is 0 Å². The van der Waals surface area contributed by atoms with Crippen LogP contribution >= 0.6 is 0 Å². The lowest BCUT2D eigenvalue weighted by Gasteiger charge is -2.29. The van der Waals surface area contributed by atoms with E-state index in [-0.39, 0.29) is 0 Å². The molecular weight excluding hydrogens is 178 g/mol. The van der Waals surface area contributed by atoms with Crippen LogP contribution in [0.2, 0.25) is 0 Å². The molecule has 0 aromatic heterocycles. The standard InChI is InChI=1S/C11H21NO2/c13-11(5-9-14-10-11)4-8-12-6-2-1-3-7-12/h13H,1-10H2. The second-order valence-electron chi connectivity index (χ2n) is 4.68. The maximum absolute atomic E-state index is 10.1. The molecule has 3 nitrogen and oxygen atoms in total. The molecule has 14 heavy (non-hydrogen) atoms. The second kappa shape index (κ2) is 4.60. The van der Waals surface area contributed by atoms with Gasteiger partial charge in [-0.05, 0) is 32.4 Å². The molecular formula is C11H21NO2. The molecule has 2 aliphatic heterocycles. The summed E-state index contributed by atoms with van der Waals surface area (Å²) in [6.45, 7) is 4.76. The first-order chi connectivity index (χ1) is 6.79. The first-order valence-corrected chi connectivity index (χ1v) is 5.81. The van der Waals surface area contributed by atoms with Crippen LogP contribution in [-0.4, -0.2) is 48.5 Å². The normalized spacial score (nSPS) is 34.9. The lowest BCUT2D eigenvalue weighted by atomic mass is 9.98. The van der Waals surface area contributed by atoms with E-state index in [2.05, 4.69) is 4.90 Å². The Morgan fingerprint density at radius 3 is 2.64 bits per heavy atom. The lowest BCUT2D eigenvalue weighted by Crippen LogP contribution is -2.37. The van der Waals surface area contributed by atoms with E-state index in [0.717, 1.165) is 26.0 Å². The molecule has 2 heterocycles. The van der Waals surface area contributed by atoms with Crippen LogP contribution in [0.25, 0.3) is 0 Å².